The van der Waals surface area contributed by atoms with Crippen LogP contribution >= 0.6 is 0 Å². The lowest BCUT2D eigenvalue weighted by Gasteiger charge is -2.34. The molecule has 0 N–H and O–H groups in total. The zero-order valence-electron chi connectivity index (χ0n) is 31.9. The van der Waals surface area contributed by atoms with Crippen LogP contribution in [0.3, 0.4) is 0 Å². The molecule has 0 saturated heterocycles. The lowest BCUT2D eigenvalue weighted by atomic mass is 9.34. The molecule has 0 saturated carbocycles. The largest absolute Gasteiger partial charge is 0.457 e. The van der Waals surface area contributed by atoms with E-state index in [-0.39, 0.29) is 6.71 Å². The third-order valence-electron chi connectivity index (χ3n) is 14.0. The number of benzene rings is 9. The van der Waals surface area contributed by atoms with Crippen molar-refractivity contribution in [3.63, 3.8) is 0 Å². The first-order valence-electron chi connectivity index (χ1n) is 20.7. The lowest BCUT2D eigenvalue weighted by Crippen LogP contribution is -2.57. The quantitative estimate of drug-likeness (QED) is 0.156. The van der Waals surface area contributed by atoms with Gasteiger partial charge in [-0.25, -0.2) is 0 Å². The number of aromatic nitrogens is 3. The smallest absolute Gasteiger partial charge is 0.260 e. The van der Waals surface area contributed by atoms with Crippen molar-refractivity contribution in [3.05, 3.63) is 170 Å². The summed E-state index contributed by atoms with van der Waals surface area (Å²) in [5, 5.41) is 12.2. The molecule has 5 aromatic heterocycles. The standard InChI is InChI=1S/C54H28BN3O2/c1-5-19-40-30(11-1)31-12-2-6-20-41(31)56(40)29-27-46-50-47(28-29)60-54-39(24-26-45-49(54)37-18-10-16-35-33-14-4-8-22-43(33)58(45)52(35)37)55(50)38-23-25-44-48(53(38)59-46)36-17-9-15-34-32-13-3-7-21-42(32)57(44)51(34)36/h1-28H. The second-order valence-electron chi connectivity index (χ2n) is 16.7. The van der Waals surface area contributed by atoms with Gasteiger partial charge in [0, 0.05) is 60.7 Å². The van der Waals surface area contributed by atoms with E-state index in [1.54, 1.807) is 0 Å². The van der Waals surface area contributed by atoms with Gasteiger partial charge in [-0.05, 0) is 47.3 Å². The summed E-state index contributed by atoms with van der Waals surface area (Å²) in [5.41, 5.74) is 13.9. The molecule has 0 bridgehead atoms. The van der Waals surface area contributed by atoms with E-state index < -0.39 is 0 Å². The molecule has 0 amide bonds. The minimum atomic E-state index is -0.114. The molecule has 0 fully saturated rings. The van der Waals surface area contributed by atoms with Crippen LogP contribution < -0.4 is 25.9 Å². The van der Waals surface area contributed by atoms with E-state index in [1.807, 2.05) is 0 Å². The molecule has 60 heavy (non-hydrogen) atoms. The van der Waals surface area contributed by atoms with Crippen molar-refractivity contribution in [1.29, 1.82) is 0 Å². The van der Waals surface area contributed by atoms with Crippen LogP contribution in [0.1, 0.15) is 0 Å². The third kappa shape index (κ3) is 3.33. The Bertz CT molecular complexity index is 4000. The molecule has 9 aromatic carbocycles. The van der Waals surface area contributed by atoms with Crippen LogP contribution in [0.5, 0.6) is 23.0 Å². The Hall–Kier alpha value is -7.96. The van der Waals surface area contributed by atoms with Gasteiger partial charge >= 0.3 is 0 Å². The normalized spacial score (nSPS) is 13.6. The molecule has 14 aromatic rings. The van der Waals surface area contributed by atoms with Crippen LogP contribution in [-0.4, -0.2) is 20.1 Å². The summed E-state index contributed by atoms with van der Waals surface area (Å²) >= 11 is 0. The van der Waals surface area contributed by atoms with E-state index in [2.05, 4.69) is 183 Å². The SMILES string of the molecule is c1ccc2c(c1)c1ccccc1n2-c1cc2c3c(c1)Oc1c(ccc4c1c1cccc5c6ccccc6n4c51)B3c1ccc3c(c1O2)c1cccc2c4ccccc4n3c21. The average Bonchev–Trinajstić information content (AvgIpc) is 4.09. The van der Waals surface area contributed by atoms with E-state index in [0.717, 1.165) is 77.9 Å². The van der Waals surface area contributed by atoms with E-state index in [1.165, 1.54) is 65.2 Å². The monoisotopic (exact) mass is 761 g/mol. The van der Waals surface area contributed by atoms with Crippen LogP contribution in [-0.2, 0) is 0 Å². The van der Waals surface area contributed by atoms with Crippen molar-refractivity contribution in [2.45, 2.75) is 0 Å². The van der Waals surface area contributed by atoms with Gasteiger partial charge < -0.3 is 22.8 Å². The Balaban J connectivity index is 1.05. The Morgan fingerprint density at radius 3 is 1.23 bits per heavy atom. The van der Waals surface area contributed by atoms with Crippen molar-refractivity contribution < 1.29 is 9.47 Å². The van der Waals surface area contributed by atoms with Crippen LogP contribution in [0.15, 0.2) is 170 Å². The first-order chi connectivity index (χ1) is 29.8. The van der Waals surface area contributed by atoms with Crippen LogP contribution in [0, 0.1) is 0 Å². The minimum absolute atomic E-state index is 0.114. The molecular weight excluding hydrogens is 733 g/mol. The minimum Gasteiger partial charge on any atom is -0.457 e. The van der Waals surface area contributed by atoms with Crippen molar-refractivity contribution >= 4 is 121 Å². The Labute approximate surface area is 341 Å². The summed E-state index contributed by atoms with van der Waals surface area (Å²) in [7, 11) is 0. The molecule has 16 rings (SSSR count). The fourth-order valence-electron chi connectivity index (χ4n) is 11.8. The predicted octanol–water partition coefficient (Wildman–Crippen LogP) is 11.8. The van der Waals surface area contributed by atoms with Gasteiger partial charge in [-0.1, -0.05) is 121 Å². The second-order valence-corrected chi connectivity index (χ2v) is 16.7. The number of fused-ring (bicyclic) bond motifs is 21. The molecule has 6 heteroatoms. The van der Waals surface area contributed by atoms with Gasteiger partial charge in [0.2, 0.25) is 0 Å². The molecule has 0 atom stereocenters. The first-order valence-corrected chi connectivity index (χ1v) is 20.7. The topological polar surface area (TPSA) is 32.2 Å². The van der Waals surface area contributed by atoms with Crippen LogP contribution in [0.25, 0.3) is 104 Å². The highest BCUT2D eigenvalue weighted by Crippen LogP contribution is 2.48. The summed E-state index contributed by atoms with van der Waals surface area (Å²) < 4.78 is 22.1. The van der Waals surface area contributed by atoms with E-state index in [4.69, 9.17) is 9.47 Å². The van der Waals surface area contributed by atoms with Gasteiger partial charge in [0.25, 0.3) is 6.71 Å². The zero-order valence-corrected chi connectivity index (χ0v) is 31.9. The first kappa shape index (κ1) is 30.2. The van der Waals surface area contributed by atoms with Crippen LogP contribution in [0.4, 0.5) is 0 Å². The maximum Gasteiger partial charge on any atom is 0.260 e. The van der Waals surface area contributed by atoms with Crippen molar-refractivity contribution in [1.82, 2.24) is 13.4 Å². The van der Waals surface area contributed by atoms with Crippen molar-refractivity contribution in [3.8, 4) is 28.7 Å². The van der Waals surface area contributed by atoms with E-state index in [9.17, 15) is 0 Å². The maximum atomic E-state index is 7.40. The van der Waals surface area contributed by atoms with Crippen LogP contribution in [0.2, 0.25) is 0 Å². The fraction of sp³-hybridized carbons (Fsp3) is 0. The fourth-order valence-corrected chi connectivity index (χ4v) is 11.8. The number of para-hydroxylation sites is 6. The molecule has 0 radical (unpaired) electrons. The number of hydrogen-bond acceptors (Lipinski definition) is 2. The highest BCUT2D eigenvalue weighted by Gasteiger charge is 2.43. The zero-order chi connectivity index (χ0) is 38.5. The van der Waals surface area contributed by atoms with Gasteiger partial charge in [-0.15, -0.1) is 0 Å². The van der Waals surface area contributed by atoms with Crippen molar-refractivity contribution in [2.75, 3.05) is 0 Å². The van der Waals surface area contributed by atoms with Gasteiger partial charge in [-0.3, -0.25) is 0 Å². The number of nitrogens with zero attached hydrogens (tertiary/aromatic N) is 3. The molecule has 2 aliphatic rings. The van der Waals surface area contributed by atoms with E-state index >= 15 is 0 Å². The highest BCUT2D eigenvalue weighted by molar-refractivity contribution is 6.98. The summed E-state index contributed by atoms with van der Waals surface area (Å²) in [4.78, 5) is 0. The Morgan fingerprint density at radius 1 is 0.350 bits per heavy atom. The molecule has 2 aliphatic heterocycles. The summed E-state index contributed by atoms with van der Waals surface area (Å²) in [6, 6.07) is 62.1. The molecular formula is C54H28BN3O2. The van der Waals surface area contributed by atoms with Gasteiger partial charge in [0.15, 0.2) is 0 Å². The third-order valence-corrected chi connectivity index (χ3v) is 14.0. The van der Waals surface area contributed by atoms with E-state index in [0.29, 0.717) is 0 Å². The number of rotatable bonds is 1. The molecule has 7 heterocycles. The number of ether oxygens (including phenoxy) is 2. The molecule has 0 unspecified atom stereocenters. The molecule has 0 aliphatic carbocycles. The molecule has 274 valence electrons. The maximum absolute atomic E-state index is 7.40. The Morgan fingerprint density at radius 2 is 0.750 bits per heavy atom. The molecule has 5 nitrogen and oxygen atoms in total. The highest BCUT2D eigenvalue weighted by atomic mass is 16.5. The second kappa shape index (κ2) is 10.2. The van der Waals surface area contributed by atoms with Gasteiger partial charge in [0.05, 0.1) is 60.6 Å². The van der Waals surface area contributed by atoms with Crippen molar-refractivity contribution in [2.24, 2.45) is 0 Å². The number of hydrogen-bond donors (Lipinski definition) is 0. The summed E-state index contributed by atoms with van der Waals surface area (Å²) in [6.45, 7) is -0.114. The summed E-state index contributed by atoms with van der Waals surface area (Å²) in [6.07, 6.45) is 0. The Kier molecular flexibility index (Phi) is 5.12. The molecule has 0 spiro atoms. The van der Waals surface area contributed by atoms with Gasteiger partial charge in [-0.2, -0.15) is 0 Å². The average molecular weight is 762 g/mol. The lowest BCUT2D eigenvalue weighted by molar-refractivity contribution is 0.470. The summed E-state index contributed by atoms with van der Waals surface area (Å²) in [5.74, 6) is 3.50. The van der Waals surface area contributed by atoms with Gasteiger partial charge in [0.1, 0.15) is 23.0 Å². The predicted molar refractivity (Wildman–Crippen MR) is 248 cm³/mol.